The summed E-state index contributed by atoms with van der Waals surface area (Å²) in [5.41, 5.74) is 0. The second-order valence-corrected chi connectivity index (χ2v) is 3.01. The lowest BCUT2D eigenvalue weighted by Gasteiger charge is -2.14. The van der Waals surface area contributed by atoms with Crippen molar-refractivity contribution >= 4 is 5.97 Å². The maximum absolute atomic E-state index is 10.7. The van der Waals surface area contributed by atoms with Gasteiger partial charge in [-0.3, -0.25) is 4.79 Å². The number of carbonyl (C=O) groups is 1. The first-order valence-corrected chi connectivity index (χ1v) is 3.94. The number of rotatable bonds is 0. The van der Waals surface area contributed by atoms with Gasteiger partial charge in [0, 0.05) is 6.42 Å². The Labute approximate surface area is 61.6 Å². The Morgan fingerprint density at radius 3 is 3.10 bits per heavy atom. The highest BCUT2D eigenvalue weighted by Gasteiger charge is 2.10. The maximum Gasteiger partial charge on any atom is 0.305 e. The molecule has 2 heteroatoms. The van der Waals surface area contributed by atoms with E-state index in [1.165, 1.54) is 6.42 Å². The molecule has 1 saturated heterocycles. The number of cyclic esters (lactones) is 1. The molecule has 0 aromatic rings. The molecule has 0 saturated carbocycles. The molecule has 10 heavy (non-hydrogen) atoms. The third kappa shape index (κ3) is 2.38. The highest BCUT2D eigenvalue weighted by atomic mass is 16.5. The van der Waals surface area contributed by atoms with Gasteiger partial charge < -0.3 is 4.74 Å². The molecule has 58 valence electrons. The second-order valence-electron chi connectivity index (χ2n) is 3.01. The predicted molar refractivity (Wildman–Crippen MR) is 38.6 cm³/mol. The van der Waals surface area contributed by atoms with Gasteiger partial charge in [-0.05, 0) is 18.8 Å². The first-order valence-electron chi connectivity index (χ1n) is 3.94. The van der Waals surface area contributed by atoms with Gasteiger partial charge in [0.1, 0.15) is 0 Å². The van der Waals surface area contributed by atoms with Crippen molar-refractivity contribution in [3.8, 4) is 0 Å². The van der Waals surface area contributed by atoms with E-state index in [9.17, 15) is 4.79 Å². The smallest absolute Gasteiger partial charge is 0.305 e. The van der Waals surface area contributed by atoms with Crippen LogP contribution in [0.1, 0.15) is 32.6 Å². The summed E-state index contributed by atoms with van der Waals surface area (Å²) in [5, 5.41) is 0. The minimum absolute atomic E-state index is 0.0214. The minimum Gasteiger partial charge on any atom is -0.466 e. The number of hydrogen-bond acceptors (Lipinski definition) is 2. The van der Waals surface area contributed by atoms with Gasteiger partial charge in [0.15, 0.2) is 0 Å². The van der Waals surface area contributed by atoms with Gasteiger partial charge in [-0.15, -0.1) is 0 Å². The summed E-state index contributed by atoms with van der Waals surface area (Å²) in [5.74, 6) is 0.708. The fourth-order valence-electron chi connectivity index (χ4n) is 1.19. The van der Waals surface area contributed by atoms with Crippen LogP contribution in [-0.4, -0.2) is 12.6 Å². The van der Waals surface area contributed by atoms with Crippen molar-refractivity contribution in [2.45, 2.75) is 32.6 Å². The Kier molecular flexibility index (Phi) is 2.72. The van der Waals surface area contributed by atoms with Crippen LogP contribution in [-0.2, 0) is 9.53 Å². The molecule has 1 aliphatic rings. The third-order valence-electron chi connectivity index (χ3n) is 1.95. The lowest BCUT2D eigenvalue weighted by molar-refractivity contribution is -0.144. The Morgan fingerprint density at radius 2 is 2.30 bits per heavy atom. The monoisotopic (exact) mass is 142 g/mol. The van der Waals surface area contributed by atoms with Gasteiger partial charge >= 0.3 is 5.97 Å². The van der Waals surface area contributed by atoms with Crippen molar-refractivity contribution in [3.05, 3.63) is 0 Å². The Hall–Kier alpha value is -0.530. The summed E-state index contributed by atoms with van der Waals surface area (Å²) in [4.78, 5) is 10.7. The van der Waals surface area contributed by atoms with E-state index in [-0.39, 0.29) is 5.97 Å². The highest BCUT2D eigenvalue weighted by Crippen LogP contribution is 2.15. The van der Waals surface area contributed by atoms with Crippen molar-refractivity contribution in [2.24, 2.45) is 5.92 Å². The molecule has 1 unspecified atom stereocenters. The maximum atomic E-state index is 10.7. The van der Waals surface area contributed by atoms with E-state index in [0.29, 0.717) is 13.0 Å². The predicted octanol–water partition coefficient (Wildman–Crippen LogP) is 1.74. The van der Waals surface area contributed by atoms with Crippen LogP contribution in [0.2, 0.25) is 0 Å². The van der Waals surface area contributed by atoms with Crippen molar-refractivity contribution in [1.82, 2.24) is 0 Å². The first kappa shape index (κ1) is 7.58. The van der Waals surface area contributed by atoms with Crippen LogP contribution in [0.5, 0.6) is 0 Å². The molecular formula is C8H14O2. The van der Waals surface area contributed by atoms with Gasteiger partial charge in [0.25, 0.3) is 0 Å². The SMILES string of the molecule is CC1CCCC(=O)OCC1. The Bertz CT molecular complexity index is 108. The van der Waals surface area contributed by atoms with Gasteiger partial charge in [-0.1, -0.05) is 13.3 Å². The van der Waals surface area contributed by atoms with Crippen molar-refractivity contribution < 1.29 is 9.53 Å². The largest absolute Gasteiger partial charge is 0.466 e. The molecular weight excluding hydrogens is 128 g/mol. The molecule has 1 aliphatic heterocycles. The van der Waals surface area contributed by atoms with E-state index in [4.69, 9.17) is 4.74 Å². The summed E-state index contributed by atoms with van der Waals surface area (Å²) in [7, 11) is 0. The summed E-state index contributed by atoms with van der Waals surface area (Å²) in [6.45, 7) is 2.83. The van der Waals surface area contributed by atoms with Gasteiger partial charge in [-0.2, -0.15) is 0 Å². The van der Waals surface area contributed by atoms with Gasteiger partial charge in [0.05, 0.1) is 6.61 Å². The van der Waals surface area contributed by atoms with Crippen molar-refractivity contribution in [1.29, 1.82) is 0 Å². The van der Waals surface area contributed by atoms with E-state index >= 15 is 0 Å². The minimum atomic E-state index is -0.0214. The van der Waals surface area contributed by atoms with Crippen LogP contribution < -0.4 is 0 Å². The standard InChI is InChI=1S/C8H14O2/c1-7-3-2-4-8(9)10-6-5-7/h7H,2-6H2,1H3. The fraction of sp³-hybridized carbons (Fsp3) is 0.875. The molecule has 1 fully saturated rings. The van der Waals surface area contributed by atoms with Gasteiger partial charge in [0.2, 0.25) is 0 Å². The zero-order valence-corrected chi connectivity index (χ0v) is 6.43. The van der Waals surface area contributed by atoms with E-state index in [0.717, 1.165) is 18.8 Å². The quantitative estimate of drug-likeness (QED) is 0.481. The summed E-state index contributed by atoms with van der Waals surface area (Å²) in [6.07, 6.45) is 3.82. The molecule has 1 heterocycles. The fourth-order valence-corrected chi connectivity index (χ4v) is 1.19. The second kappa shape index (κ2) is 3.59. The van der Waals surface area contributed by atoms with Crippen LogP contribution in [0.4, 0.5) is 0 Å². The lowest BCUT2D eigenvalue weighted by atomic mass is 10.0. The Balaban J connectivity index is 2.27. The van der Waals surface area contributed by atoms with Crippen LogP contribution in [0.15, 0.2) is 0 Å². The van der Waals surface area contributed by atoms with Crippen molar-refractivity contribution in [2.75, 3.05) is 6.61 Å². The number of carbonyl (C=O) groups excluding carboxylic acids is 1. The molecule has 0 aromatic heterocycles. The summed E-state index contributed by atoms with van der Waals surface area (Å²) in [6, 6.07) is 0. The van der Waals surface area contributed by atoms with Crippen LogP contribution in [0.25, 0.3) is 0 Å². The van der Waals surface area contributed by atoms with E-state index in [1.54, 1.807) is 0 Å². The number of hydrogen-bond donors (Lipinski definition) is 0. The molecule has 0 aromatic carbocycles. The van der Waals surface area contributed by atoms with E-state index in [1.807, 2.05) is 0 Å². The third-order valence-corrected chi connectivity index (χ3v) is 1.95. The normalized spacial score (nSPS) is 28.5. The molecule has 0 aliphatic carbocycles. The lowest BCUT2D eigenvalue weighted by Crippen LogP contribution is -2.12. The molecule has 0 spiro atoms. The summed E-state index contributed by atoms with van der Waals surface area (Å²) < 4.78 is 4.91. The van der Waals surface area contributed by atoms with Crippen LogP contribution in [0, 0.1) is 5.92 Å². The molecule has 1 atom stereocenters. The number of ether oxygens (including phenoxy) is 1. The zero-order valence-electron chi connectivity index (χ0n) is 6.43. The zero-order chi connectivity index (χ0) is 7.40. The number of esters is 1. The van der Waals surface area contributed by atoms with Crippen LogP contribution >= 0.6 is 0 Å². The average molecular weight is 142 g/mol. The van der Waals surface area contributed by atoms with Gasteiger partial charge in [-0.25, -0.2) is 0 Å². The first-order chi connectivity index (χ1) is 4.79. The molecule has 0 N–H and O–H groups in total. The molecule has 0 amide bonds. The van der Waals surface area contributed by atoms with Crippen molar-refractivity contribution in [3.63, 3.8) is 0 Å². The average Bonchev–Trinajstić information content (AvgIpc) is 1.84. The molecule has 0 radical (unpaired) electrons. The highest BCUT2D eigenvalue weighted by molar-refractivity contribution is 5.69. The molecule has 1 rings (SSSR count). The van der Waals surface area contributed by atoms with E-state index in [2.05, 4.69) is 6.92 Å². The van der Waals surface area contributed by atoms with Crippen LogP contribution in [0.3, 0.4) is 0 Å². The molecule has 2 nitrogen and oxygen atoms in total. The topological polar surface area (TPSA) is 26.3 Å². The molecule has 0 bridgehead atoms. The van der Waals surface area contributed by atoms with E-state index < -0.39 is 0 Å². The summed E-state index contributed by atoms with van der Waals surface area (Å²) >= 11 is 0. The Morgan fingerprint density at radius 1 is 1.50 bits per heavy atom.